The molecule has 0 aliphatic carbocycles. The molecule has 25 heavy (non-hydrogen) atoms. The van der Waals surface area contributed by atoms with Crippen LogP contribution in [-0.4, -0.2) is 49.1 Å². The highest BCUT2D eigenvalue weighted by Gasteiger charge is 2.26. The second-order valence-electron chi connectivity index (χ2n) is 6.94. The van der Waals surface area contributed by atoms with E-state index in [0.717, 1.165) is 17.5 Å². The molecule has 8 heteroatoms. The quantitative estimate of drug-likeness (QED) is 0.360. The maximum Gasteiger partial charge on any atom is 0.410 e. The molecular formula is C17H23N5O3. The second-order valence-corrected chi connectivity index (χ2v) is 6.94. The molecule has 1 aromatic rings. The van der Waals surface area contributed by atoms with Gasteiger partial charge in [-0.25, -0.2) is 4.79 Å². The summed E-state index contributed by atoms with van der Waals surface area (Å²) >= 11 is 0. The van der Waals surface area contributed by atoms with E-state index in [4.69, 9.17) is 10.3 Å². The Morgan fingerprint density at radius 2 is 1.92 bits per heavy atom. The number of benzene rings is 1. The molecule has 0 N–H and O–H groups in total. The van der Waals surface area contributed by atoms with Crippen molar-refractivity contribution in [2.75, 3.05) is 31.1 Å². The predicted molar refractivity (Wildman–Crippen MR) is 95.4 cm³/mol. The van der Waals surface area contributed by atoms with Crippen molar-refractivity contribution in [1.29, 1.82) is 0 Å². The number of aldehydes is 1. The fourth-order valence-corrected chi connectivity index (χ4v) is 2.72. The summed E-state index contributed by atoms with van der Waals surface area (Å²) in [5, 5.41) is 3.61. The monoisotopic (exact) mass is 345 g/mol. The Labute approximate surface area is 147 Å². The van der Waals surface area contributed by atoms with Crippen molar-refractivity contribution < 1.29 is 14.3 Å². The van der Waals surface area contributed by atoms with Gasteiger partial charge in [0.15, 0.2) is 0 Å². The molecule has 1 heterocycles. The number of hydrogen-bond acceptors (Lipinski definition) is 5. The molecule has 1 amide bonds. The van der Waals surface area contributed by atoms with Crippen molar-refractivity contribution in [2.45, 2.75) is 33.3 Å². The van der Waals surface area contributed by atoms with Gasteiger partial charge in [-0.15, -0.1) is 0 Å². The Kier molecular flexibility index (Phi) is 5.54. The molecule has 0 spiro atoms. The summed E-state index contributed by atoms with van der Waals surface area (Å²) in [6.45, 7) is 9.65. The van der Waals surface area contributed by atoms with Crippen molar-refractivity contribution in [3.05, 3.63) is 33.7 Å². The number of amides is 1. The third-order valence-electron chi connectivity index (χ3n) is 3.96. The van der Waals surface area contributed by atoms with Crippen molar-refractivity contribution in [2.24, 2.45) is 5.11 Å². The van der Waals surface area contributed by atoms with E-state index in [1.54, 1.807) is 17.0 Å². The molecule has 0 radical (unpaired) electrons. The summed E-state index contributed by atoms with van der Waals surface area (Å²) in [4.78, 5) is 30.0. The predicted octanol–water partition coefficient (Wildman–Crippen LogP) is 3.81. The zero-order chi connectivity index (χ0) is 18.6. The molecule has 0 atom stereocenters. The van der Waals surface area contributed by atoms with E-state index in [9.17, 15) is 9.59 Å². The lowest BCUT2D eigenvalue weighted by Gasteiger charge is -2.37. The summed E-state index contributed by atoms with van der Waals surface area (Å²) < 4.78 is 5.40. The first-order valence-electron chi connectivity index (χ1n) is 8.13. The topological polar surface area (TPSA) is 98.6 Å². The molecule has 2 rings (SSSR count). The Bertz CT molecular complexity index is 712. The molecule has 1 aliphatic rings. The lowest BCUT2D eigenvalue weighted by Crippen LogP contribution is -2.50. The molecule has 0 saturated carbocycles. The Morgan fingerprint density at radius 1 is 1.28 bits per heavy atom. The minimum atomic E-state index is -0.521. The maximum absolute atomic E-state index is 12.1. The van der Waals surface area contributed by atoms with Gasteiger partial charge in [0.05, 0.1) is 0 Å². The molecule has 1 saturated heterocycles. The molecular weight excluding hydrogens is 322 g/mol. The zero-order valence-electron chi connectivity index (χ0n) is 15.0. The van der Waals surface area contributed by atoms with Gasteiger partial charge in [-0.2, -0.15) is 0 Å². The smallest absolute Gasteiger partial charge is 0.410 e. The van der Waals surface area contributed by atoms with Crippen LogP contribution in [-0.2, 0) is 4.74 Å². The third kappa shape index (κ3) is 4.64. The third-order valence-corrected chi connectivity index (χ3v) is 3.96. The van der Waals surface area contributed by atoms with E-state index in [0.29, 0.717) is 37.4 Å². The van der Waals surface area contributed by atoms with Gasteiger partial charge in [0, 0.05) is 48.0 Å². The van der Waals surface area contributed by atoms with Crippen molar-refractivity contribution in [1.82, 2.24) is 4.90 Å². The van der Waals surface area contributed by atoms with Gasteiger partial charge in [-0.05, 0) is 50.9 Å². The van der Waals surface area contributed by atoms with Gasteiger partial charge in [0.2, 0.25) is 0 Å². The summed E-state index contributed by atoms with van der Waals surface area (Å²) in [7, 11) is 0. The van der Waals surface area contributed by atoms with Gasteiger partial charge < -0.3 is 14.5 Å². The number of nitrogens with zero attached hydrogens (tertiary/aromatic N) is 5. The number of carbonyl (C=O) groups is 2. The standard InChI is InChI=1S/C17H23N5O3/c1-12-13(11-23)9-14(19-20-18)10-15(12)21-5-7-22(8-6-21)16(24)25-17(2,3)4/h9-11H,5-8H2,1-4H3. The zero-order valence-corrected chi connectivity index (χ0v) is 15.0. The van der Waals surface area contributed by atoms with E-state index < -0.39 is 5.60 Å². The first-order valence-corrected chi connectivity index (χ1v) is 8.13. The Hall–Kier alpha value is -2.73. The summed E-state index contributed by atoms with van der Waals surface area (Å²) in [5.74, 6) is 0. The molecule has 0 aromatic heterocycles. The molecule has 0 unspecified atom stereocenters. The average Bonchev–Trinajstić information content (AvgIpc) is 2.55. The van der Waals surface area contributed by atoms with Crippen LogP contribution in [0.4, 0.5) is 16.2 Å². The molecule has 8 nitrogen and oxygen atoms in total. The van der Waals surface area contributed by atoms with Gasteiger partial charge >= 0.3 is 6.09 Å². The average molecular weight is 345 g/mol. The fraction of sp³-hybridized carbons (Fsp3) is 0.529. The van der Waals surface area contributed by atoms with Crippen LogP contribution >= 0.6 is 0 Å². The number of rotatable bonds is 3. The van der Waals surface area contributed by atoms with E-state index in [-0.39, 0.29) is 6.09 Å². The minimum absolute atomic E-state index is 0.319. The van der Waals surface area contributed by atoms with E-state index in [2.05, 4.69) is 14.9 Å². The van der Waals surface area contributed by atoms with E-state index in [1.807, 2.05) is 27.7 Å². The highest BCUT2D eigenvalue weighted by Crippen LogP contribution is 2.30. The maximum atomic E-state index is 12.1. The lowest BCUT2D eigenvalue weighted by atomic mass is 10.0. The molecule has 1 fully saturated rings. The highest BCUT2D eigenvalue weighted by molar-refractivity contribution is 5.83. The molecule has 134 valence electrons. The van der Waals surface area contributed by atoms with Crippen molar-refractivity contribution in [3.63, 3.8) is 0 Å². The number of anilines is 1. The van der Waals surface area contributed by atoms with Crippen LogP contribution < -0.4 is 4.90 Å². The van der Waals surface area contributed by atoms with Gasteiger partial charge in [0.1, 0.15) is 11.9 Å². The van der Waals surface area contributed by atoms with Crippen molar-refractivity contribution >= 4 is 23.8 Å². The molecule has 0 bridgehead atoms. The number of ether oxygens (including phenoxy) is 1. The number of hydrogen-bond donors (Lipinski definition) is 0. The summed E-state index contributed by atoms with van der Waals surface area (Å²) in [6.07, 6.45) is 0.437. The Balaban J connectivity index is 2.15. The Morgan fingerprint density at radius 3 is 2.44 bits per heavy atom. The number of azide groups is 1. The van der Waals surface area contributed by atoms with Crippen LogP contribution in [0, 0.1) is 6.92 Å². The van der Waals surface area contributed by atoms with Crippen molar-refractivity contribution in [3.8, 4) is 0 Å². The van der Waals surface area contributed by atoms with Gasteiger partial charge in [-0.1, -0.05) is 5.11 Å². The number of carbonyl (C=O) groups excluding carboxylic acids is 2. The van der Waals surface area contributed by atoms with Gasteiger partial charge in [0.25, 0.3) is 0 Å². The summed E-state index contributed by atoms with van der Waals surface area (Å²) in [6, 6.07) is 3.34. The molecule has 1 aromatic carbocycles. The minimum Gasteiger partial charge on any atom is -0.444 e. The van der Waals surface area contributed by atoms with Crippen LogP contribution in [0.25, 0.3) is 10.4 Å². The van der Waals surface area contributed by atoms with Crippen LogP contribution in [0.5, 0.6) is 0 Å². The van der Waals surface area contributed by atoms with Gasteiger partial charge in [-0.3, -0.25) is 4.79 Å². The largest absolute Gasteiger partial charge is 0.444 e. The van der Waals surface area contributed by atoms with E-state index >= 15 is 0 Å². The molecule has 1 aliphatic heterocycles. The van der Waals surface area contributed by atoms with Crippen LogP contribution in [0.15, 0.2) is 17.2 Å². The SMILES string of the molecule is Cc1c(C=O)cc(N=[N+]=[N-])cc1N1CCN(C(=O)OC(C)(C)C)CC1. The second kappa shape index (κ2) is 7.44. The fourth-order valence-electron chi connectivity index (χ4n) is 2.72. The summed E-state index contributed by atoms with van der Waals surface area (Å²) in [5.41, 5.74) is 10.7. The lowest BCUT2D eigenvalue weighted by molar-refractivity contribution is 0.0240. The van der Waals surface area contributed by atoms with Crippen LogP contribution in [0.1, 0.15) is 36.7 Å². The van der Waals surface area contributed by atoms with Crippen LogP contribution in [0.2, 0.25) is 0 Å². The van der Waals surface area contributed by atoms with Crippen LogP contribution in [0.3, 0.4) is 0 Å². The van der Waals surface area contributed by atoms with E-state index in [1.165, 1.54) is 0 Å². The normalized spacial score (nSPS) is 14.7. The highest BCUT2D eigenvalue weighted by atomic mass is 16.6. The first kappa shape index (κ1) is 18.6. The first-order chi connectivity index (χ1) is 11.7. The number of piperazine rings is 1.